The van der Waals surface area contributed by atoms with Crippen LogP contribution < -0.4 is 9.80 Å². The summed E-state index contributed by atoms with van der Waals surface area (Å²) in [5, 5.41) is 0.612. The van der Waals surface area contributed by atoms with E-state index in [1.807, 2.05) is 42.5 Å². The number of rotatable bonds is 6. The zero-order valence-corrected chi connectivity index (χ0v) is 20.4. The van der Waals surface area contributed by atoms with Gasteiger partial charge in [-0.25, -0.2) is 4.98 Å². The lowest BCUT2D eigenvalue weighted by Crippen LogP contribution is -2.31. The predicted octanol–water partition coefficient (Wildman–Crippen LogP) is 5.92. The summed E-state index contributed by atoms with van der Waals surface area (Å²) in [6, 6.07) is 22.6. The largest absolute Gasteiger partial charge is 0.279 e. The van der Waals surface area contributed by atoms with Crippen molar-refractivity contribution in [1.29, 1.82) is 0 Å². The van der Waals surface area contributed by atoms with Crippen LogP contribution in [-0.4, -0.2) is 22.7 Å². The van der Waals surface area contributed by atoms with Gasteiger partial charge in [0.05, 0.1) is 22.4 Å². The summed E-state index contributed by atoms with van der Waals surface area (Å²) in [5.74, 6) is -0.416. The zero-order valence-electron chi connectivity index (χ0n) is 19.6. The van der Waals surface area contributed by atoms with Crippen molar-refractivity contribution in [2.75, 3.05) is 9.80 Å². The SMILES string of the molecule is CC(C)c1cccc2sc(N(Cc3ccccc3)C(=O)c3cccc(N4C(=O)CCC4=O)c3)nc12. The molecule has 5 rings (SSSR count). The standard InChI is InChI=1S/C28H25N3O3S/c1-18(2)22-12-7-13-23-26(22)29-28(35-23)30(17-19-8-4-3-5-9-19)27(34)20-10-6-11-21(16-20)31-24(32)14-15-25(31)33/h3-13,16,18H,14-15,17H2,1-2H3. The highest BCUT2D eigenvalue weighted by atomic mass is 32.1. The lowest BCUT2D eigenvalue weighted by Gasteiger charge is -2.21. The van der Waals surface area contributed by atoms with Crippen LogP contribution in [-0.2, 0) is 16.1 Å². The Morgan fingerprint density at radius 2 is 1.69 bits per heavy atom. The molecule has 6 nitrogen and oxygen atoms in total. The number of hydrogen-bond acceptors (Lipinski definition) is 5. The van der Waals surface area contributed by atoms with Crippen molar-refractivity contribution in [3.05, 3.63) is 89.5 Å². The molecule has 176 valence electrons. The number of thiazole rings is 1. The minimum Gasteiger partial charge on any atom is -0.279 e. The Kier molecular flexibility index (Phi) is 6.17. The Hall–Kier alpha value is -3.84. The van der Waals surface area contributed by atoms with Crippen molar-refractivity contribution in [1.82, 2.24) is 4.98 Å². The van der Waals surface area contributed by atoms with E-state index in [1.54, 1.807) is 29.2 Å². The van der Waals surface area contributed by atoms with Crippen LogP contribution in [0.1, 0.15) is 54.1 Å². The van der Waals surface area contributed by atoms with Crippen molar-refractivity contribution in [3.63, 3.8) is 0 Å². The van der Waals surface area contributed by atoms with Crippen LogP contribution in [0.4, 0.5) is 10.8 Å². The monoisotopic (exact) mass is 483 g/mol. The van der Waals surface area contributed by atoms with E-state index in [-0.39, 0.29) is 30.6 Å². The van der Waals surface area contributed by atoms with Crippen LogP contribution in [0, 0.1) is 0 Å². The molecule has 0 bridgehead atoms. The highest BCUT2D eigenvalue weighted by Gasteiger charge is 2.31. The molecule has 0 N–H and O–H groups in total. The fourth-order valence-corrected chi connectivity index (χ4v) is 5.33. The van der Waals surface area contributed by atoms with Crippen LogP contribution >= 0.6 is 11.3 Å². The lowest BCUT2D eigenvalue weighted by molar-refractivity contribution is -0.121. The molecule has 0 aliphatic carbocycles. The fourth-order valence-electron chi connectivity index (χ4n) is 4.33. The number of imide groups is 1. The van der Waals surface area contributed by atoms with Crippen molar-refractivity contribution in [2.45, 2.75) is 39.2 Å². The molecule has 0 atom stereocenters. The number of para-hydroxylation sites is 1. The topological polar surface area (TPSA) is 70.6 Å². The Bertz CT molecular complexity index is 1410. The maximum atomic E-state index is 13.9. The minimum absolute atomic E-state index is 0.195. The molecule has 7 heteroatoms. The van der Waals surface area contributed by atoms with Gasteiger partial charge in [-0.1, -0.05) is 73.7 Å². The van der Waals surface area contributed by atoms with Gasteiger partial charge >= 0.3 is 0 Å². The summed E-state index contributed by atoms with van der Waals surface area (Å²) in [4.78, 5) is 46.1. The molecule has 0 saturated carbocycles. The second-order valence-corrected chi connectivity index (χ2v) is 9.90. The van der Waals surface area contributed by atoms with Gasteiger partial charge in [-0.2, -0.15) is 0 Å². The van der Waals surface area contributed by atoms with Crippen molar-refractivity contribution in [2.24, 2.45) is 0 Å². The second kappa shape index (κ2) is 9.43. The van der Waals surface area contributed by atoms with Gasteiger partial charge in [-0.05, 0) is 41.3 Å². The minimum atomic E-state index is -0.242. The summed E-state index contributed by atoms with van der Waals surface area (Å²) in [7, 11) is 0. The molecule has 0 spiro atoms. The molecule has 0 radical (unpaired) electrons. The second-order valence-electron chi connectivity index (χ2n) is 8.90. The van der Waals surface area contributed by atoms with Gasteiger partial charge in [0.2, 0.25) is 11.8 Å². The van der Waals surface area contributed by atoms with Crippen molar-refractivity contribution >= 4 is 50.1 Å². The first kappa shape index (κ1) is 22.9. The highest BCUT2D eigenvalue weighted by molar-refractivity contribution is 7.22. The van der Waals surface area contributed by atoms with Gasteiger partial charge in [0.1, 0.15) is 0 Å². The molecule has 1 aliphatic heterocycles. The number of fused-ring (bicyclic) bond motifs is 1. The Labute approximate surface area is 207 Å². The van der Waals surface area contributed by atoms with Gasteiger partial charge in [0.25, 0.3) is 5.91 Å². The number of amides is 3. The van der Waals surface area contributed by atoms with Crippen molar-refractivity contribution < 1.29 is 14.4 Å². The molecule has 2 heterocycles. The molecule has 0 unspecified atom stereocenters. The third-order valence-corrected chi connectivity index (χ3v) is 7.17. The number of benzene rings is 3. The summed E-state index contributed by atoms with van der Waals surface area (Å²) in [5.41, 5.74) is 3.86. The van der Waals surface area contributed by atoms with Crippen LogP contribution in [0.3, 0.4) is 0 Å². The smallest absolute Gasteiger partial charge is 0.260 e. The number of anilines is 2. The first-order valence-corrected chi connectivity index (χ1v) is 12.4. The van der Waals surface area contributed by atoms with E-state index in [1.165, 1.54) is 16.2 Å². The molecule has 1 aliphatic rings. The van der Waals surface area contributed by atoms with E-state index < -0.39 is 0 Å². The third-order valence-electron chi connectivity index (χ3n) is 6.12. The molecule has 1 fully saturated rings. The maximum absolute atomic E-state index is 13.9. The number of nitrogens with zero attached hydrogens (tertiary/aromatic N) is 3. The molecule has 1 saturated heterocycles. The number of hydrogen-bond donors (Lipinski definition) is 0. The zero-order chi connectivity index (χ0) is 24.5. The molecule has 35 heavy (non-hydrogen) atoms. The van der Waals surface area contributed by atoms with Crippen LogP contribution in [0.15, 0.2) is 72.8 Å². The van der Waals surface area contributed by atoms with Crippen LogP contribution in [0.2, 0.25) is 0 Å². The highest BCUT2D eigenvalue weighted by Crippen LogP contribution is 2.35. The first-order valence-electron chi connectivity index (χ1n) is 11.6. The fraction of sp³-hybridized carbons (Fsp3) is 0.214. The summed E-state index contributed by atoms with van der Waals surface area (Å²) in [6.45, 7) is 4.61. The molecule has 1 aromatic heterocycles. The van der Waals surface area contributed by atoms with Crippen LogP contribution in [0.25, 0.3) is 10.2 Å². The van der Waals surface area contributed by atoms with Gasteiger partial charge in [-0.3, -0.25) is 24.2 Å². The van der Waals surface area contributed by atoms with E-state index in [4.69, 9.17) is 4.98 Å². The lowest BCUT2D eigenvalue weighted by atomic mass is 10.0. The van der Waals surface area contributed by atoms with Crippen molar-refractivity contribution in [3.8, 4) is 0 Å². The van der Waals surface area contributed by atoms with E-state index >= 15 is 0 Å². The first-order chi connectivity index (χ1) is 16.9. The average Bonchev–Trinajstić information content (AvgIpc) is 3.45. The predicted molar refractivity (Wildman–Crippen MR) is 139 cm³/mol. The van der Waals surface area contributed by atoms with Gasteiger partial charge in [0, 0.05) is 18.4 Å². The van der Waals surface area contributed by atoms with E-state index in [0.29, 0.717) is 28.8 Å². The normalized spacial score (nSPS) is 13.7. The van der Waals surface area contributed by atoms with E-state index in [0.717, 1.165) is 21.3 Å². The molecular weight excluding hydrogens is 458 g/mol. The van der Waals surface area contributed by atoms with Gasteiger partial charge in [0.15, 0.2) is 5.13 Å². The summed E-state index contributed by atoms with van der Waals surface area (Å²) < 4.78 is 1.03. The summed E-state index contributed by atoms with van der Waals surface area (Å²) in [6.07, 6.45) is 0.391. The Morgan fingerprint density at radius 3 is 2.40 bits per heavy atom. The Balaban J connectivity index is 1.57. The van der Waals surface area contributed by atoms with E-state index in [2.05, 4.69) is 19.9 Å². The molecular formula is C28H25N3O3S. The molecule has 3 aromatic carbocycles. The summed E-state index contributed by atoms with van der Waals surface area (Å²) >= 11 is 1.48. The number of carbonyl (C=O) groups is 3. The number of carbonyl (C=O) groups excluding carboxylic acids is 3. The van der Waals surface area contributed by atoms with Gasteiger partial charge < -0.3 is 0 Å². The third kappa shape index (κ3) is 4.47. The van der Waals surface area contributed by atoms with Crippen LogP contribution in [0.5, 0.6) is 0 Å². The van der Waals surface area contributed by atoms with E-state index in [9.17, 15) is 14.4 Å². The van der Waals surface area contributed by atoms with Gasteiger partial charge in [-0.15, -0.1) is 0 Å². The quantitative estimate of drug-likeness (QED) is 0.319. The molecule has 3 amide bonds. The number of aromatic nitrogens is 1. The molecule has 4 aromatic rings. The Morgan fingerprint density at radius 1 is 0.971 bits per heavy atom. The average molecular weight is 484 g/mol. The maximum Gasteiger partial charge on any atom is 0.260 e.